The molecule has 1 aliphatic heterocycles. The van der Waals surface area contributed by atoms with Gasteiger partial charge in [0.05, 0.1) is 6.20 Å². The average molecular weight is 208 g/mol. The summed E-state index contributed by atoms with van der Waals surface area (Å²) in [5.41, 5.74) is 1.27. The molecule has 4 heteroatoms. The Labute approximate surface area is 91.3 Å². The Balaban J connectivity index is 1.89. The van der Waals surface area contributed by atoms with Crippen LogP contribution in [0.3, 0.4) is 0 Å². The summed E-state index contributed by atoms with van der Waals surface area (Å²) < 4.78 is 1.86. The molecule has 1 N–H and O–H groups in total. The molecule has 0 amide bonds. The highest BCUT2D eigenvalue weighted by Crippen LogP contribution is 2.15. The van der Waals surface area contributed by atoms with Gasteiger partial charge in [-0.25, -0.2) is 0 Å². The van der Waals surface area contributed by atoms with Gasteiger partial charge in [-0.15, -0.1) is 0 Å². The highest BCUT2D eigenvalue weighted by molar-refractivity contribution is 5.09. The number of rotatable bonds is 3. The third-order valence-electron chi connectivity index (χ3n) is 3.10. The average Bonchev–Trinajstić information content (AvgIpc) is 2.75. The van der Waals surface area contributed by atoms with Gasteiger partial charge in [-0.05, 0) is 26.9 Å². The monoisotopic (exact) mass is 208 g/mol. The van der Waals surface area contributed by atoms with Crippen molar-refractivity contribution in [3.63, 3.8) is 0 Å². The summed E-state index contributed by atoms with van der Waals surface area (Å²) in [4.78, 5) is 2.37. The van der Waals surface area contributed by atoms with Crippen molar-refractivity contribution >= 4 is 0 Å². The van der Waals surface area contributed by atoms with Gasteiger partial charge < -0.3 is 10.2 Å². The molecular formula is C11H20N4. The van der Waals surface area contributed by atoms with Gasteiger partial charge in [0, 0.05) is 37.4 Å². The van der Waals surface area contributed by atoms with E-state index in [0.29, 0.717) is 12.1 Å². The number of likely N-dealkylation sites (N-methyl/N-ethyl adjacent to an activating group) is 1. The number of aromatic nitrogens is 2. The molecule has 84 valence electrons. The van der Waals surface area contributed by atoms with Crippen molar-refractivity contribution in [2.75, 3.05) is 20.1 Å². The topological polar surface area (TPSA) is 33.1 Å². The van der Waals surface area contributed by atoms with Crippen molar-refractivity contribution < 1.29 is 0 Å². The molecule has 0 saturated carbocycles. The molecular weight excluding hydrogens is 188 g/mol. The second-order valence-electron chi connectivity index (χ2n) is 4.58. The van der Waals surface area contributed by atoms with E-state index in [0.717, 1.165) is 6.54 Å². The number of likely N-dealkylation sites (tertiary alicyclic amines) is 1. The standard InChI is InChI=1S/C11H20N4/c1-9(10-6-12-15(3)7-10)13-11-4-5-14(2)8-11/h6-7,9,11,13H,4-5,8H2,1-3H3/t9-,11-/m1/s1. The fourth-order valence-electron chi connectivity index (χ4n) is 2.18. The van der Waals surface area contributed by atoms with E-state index >= 15 is 0 Å². The SMILES string of the molecule is C[C@@H](N[C@@H]1CCN(C)C1)c1cnn(C)c1. The first-order chi connectivity index (χ1) is 7.15. The van der Waals surface area contributed by atoms with Crippen LogP contribution in [0.1, 0.15) is 24.9 Å². The lowest BCUT2D eigenvalue weighted by molar-refractivity contribution is 0.387. The zero-order valence-corrected chi connectivity index (χ0v) is 9.77. The van der Waals surface area contributed by atoms with Gasteiger partial charge in [0.1, 0.15) is 0 Å². The first-order valence-corrected chi connectivity index (χ1v) is 5.58. The minimum absolute atomic E-state index is 0.398. The molecule has 1 aromatic rings. The van der Waals surface area contributed by atoms with Crippen molar-refractivity contribution in [2.45, 2.75) is 25.4 Å². The number of hydrogen-bond acceptors (Lipinski definition) is 3. The van der Waals surface area contributed by atoms with Crippen LogP contribution in [0.5, 0.6) is 0 Å². The molecule has 2 atom stereocenters. The molecule has 0 radical (unpaired) electrons. The van der Waals surface area contributed by atoms with E-state index in [4.69, 9.17) is 0 Å². The van der Waals surface area contributed by atoms with Crippen molar-refractivity contribution in [3.8, 4) is 0 Å². The molecule has 0 spiro atoms. The highest BCUT2D eigenvalue weighted by Gasteiger charge is 2.21. The van der Waals surface area contributed by atoms with Gasteiger partial charge >= 0.3 is 0 Å². The molecule has 1 aromatic heterocycles. The number of nitrogens with zero attached hydrogens (tertiary/aromatic N) is 3. The molecule has 1 fully saturated rings. The van der Waals surface area contributed by atoms with E-state index in [1.165, 1.54) is 18.5 Å². The van der Waals surface area contributed by atoms with Gasteiger partial charge in [-0.1, -0.05) is 0 Å². The lowest BCUT2D eigenvalue weighted by Gasteiger charge is -2.18. The molecule has 0 bridgehead atoms. The predicted molar refractivity (Wildman–Crippen MR) is 60.7 cm³/mol. The van der Waals surface area contributed by atoms with Gasteiger partial charge in [0.25, 0.3) is 0 Å². The first-order valence-electron chi connectivity index (χ1n) is 5.58. The molecule has 1 saturated heterocycles. The van der Waals surface area contributed by atoms with E-state index in [-0.39, 0.29) is 0 Å². The summed E-state index contributed by atoms with van der Waals surface area (Å²) in [7, 11) is 4.13. The molecule has 0 aromatic carbocycles. The molecule has 15 heavy (non-hydrogen) atoms. The first kappa shape index (κ1) is 10.6. The van der Waals surface area contributed by atoms with Crippen molar-refractivity contribution in [1.82, 2.24) is 20.0 Å². The summed E-state index contributed by atoms with van der Waals surface area (Å²) in [5.74, 6) is 0. The van der Waals surface area contributed by atoms with E-state index in [2.05, 4.69) is 35.5 Å². The minimum Gasteiger partial charge on any atom is -0.306 e. The Morgan fingerprint density at radius 2 is 2.33 bits per heavy atom. The largest absolute Gasteiger partial charge is 0.306 e. The quantitative estimate of drug-likeness (QED) is 0.796. The van der Waals surface area contributed by atoms with Crippen LogP contribution in [0.15, 0.2) is 12.4 Å². The smallest absolute Gasteiger partial charge is 0.0537 e. The summed E-state index contributed by atoms with van der Waals surface area (Å²) in [5, 5.41) is 7.84. The maximum Gasteiger partial charge on any atom is 0.0537 e. The predicted octanol–water partition coefficient (Wildman–Crippen LogP) is 0.775. The Morgan fingerprint density at radius 1 is 1.53 bits per heavy atom. The number of nitrogens with one attached hydrogen (secondary N) is 1. The van der Waals surface area contributed by atoms with Crippen molar-refractivity contribution in [2.24, 2.45) is 7.05 Å². The van der Waals surface area contributed by atoms with Crippen LogP contribution in [0.2, 0.25) is 0 Å². The summed E-state index contributed by atoms with van der Waals surface area (Å²) >= 11 is 0. The third-order valence-corrected chi connectivity index (χ3v) is 3.10. The second kappa shape index (κ2) is 4.33. The highest BCUT2D eigenvalue weighted by atomic mass is 15.2. The fourth-order valence-corrected chi connectivity index (χ4v) is 2.18. The lowest BCUT2D eigenvalue weighted by Crippen LogP contribution is -2.33. The zero-order valence-electron chi connectivity index (χ0n) is 9.77. The van der Waals surface area contributed by atoms with Gasteiger partial charge in [-0.3, -0.25) is 4.68 Å². The van der Waals surface area contributed by atoms with E-state index in [1.807, 2.05) is 17.9 Å². The molecule has 2 heterocycles. The van der Waals surface area contributed by atoms with Crippen molar-refractivity contribution in [1.29, 1.82) is 0 Å². The van der Waals surface area contributed by atoms with Crippen LogP contribution >= 0.6 is 0 Å². The molecule has 1 aliphatic rings. The van der Waals surface area contributed by atoms with Gasteiger partial charge in [0.15, 0.2) is 0 Å². The zero-order chi connectivity index (χ0) is 10.8. The maximum absolute atomic E-state index is 4.19. The maximum atomic E-state index is 4.19. The Bertz CT molecular complexity index is 320. The van der Waals surface area contributed by atoms with Crippen LogP contribution in [0.4, 0.5) is 0 Å². The molecule has 2 rings (SSSR count). The third kappa shape index (κ3) is 2.58. The lowest BCUT2D eigenvalue weighted by atomic mass is 10.1. The molecule has 0 aliphatic carbocycles. The van der Waals surface area contributed by atoms with Gasteiger partial charge in [0.2, 0.25) is 0 Å². The fraction of sp³-hybridized carbons (Fsp3) is 0.727. The second-order valence-corrected chi connectivity index (χ2v) is 4.58. The summed E-state index contributed by atoms with van der Waals surface area (Å²) in [6, 6.07) is 1.03. The van der Waals surface area contributed by atoms with E-state index in [9.17, 15) is 0 Å². The van der Waals surface area contributed by atoms with Gasteiger partial charge in [-0.2, -0.15) is 5.10 Å². The Hall–Kier alpha value is -0.870. The molecule has 0 unspecified atom stereocenters. The van der Waals surface area contributed by atoms with Crippen LogP contribution in [-0.2, 0) is 7.05 Å². The van der Waals surface area contributed by atoms with Crippen molar-refractivity contribution in [3.05, 3.63) is 18.0 Å². The van der Waals surface area contributed by atoms with E-state index < -0.39 is 0 Å². The van der Waals surface area contributed by atoms with Crippen LogP contribution in [0, 0.1) is 0 Å². The number of hydrogen-bond donors (Lipinski definition) is 1. The van der Waals surface area contributed by atoms with Crippen LogP contribution in [0.25, 0.3) is 0 Å². The Kier molecular flexibility index (Phi) is 3.07. The van der Waals surface area contributed by atoms with E-state index in [1.54, 1.807) is 0 Å². The number of aryl methyl sites for hydroxylation is 1. The summed E-state index contributed by atoms with van der Waals surface area (Å²) in [6.45, 7) is 4.57. The van der Waals surface area contributed by atoms with Crippen LogP contribution < -0.4 is 5.32 Å². The van der Waals surface area contributed by atoms with Crippen LogP contribution in [-0.4, -0.2) is 40.9 Å². The normalized spacial score (nSPS) is 24.6. The minimum atomic E-state index is 0.398. The molecule has 4 nitrogen and oxygen atoms in total. The summed E-state index contributed by atoms with van der Waals surface area (Å²) in [6.07, 6.45) is 5.27. The Morgan fingerprint density at radius 3 is 2.87 bits per heavy atom.